The molecule has 0 radical (unpaired) electrons. The molecule has 1 aliphatic rings. The summed E-state index contributed by atoms with van der Waals surface area (Å²) in [7, 11) is 0. The highest BCUT2D eigenvalue weighted by Crippen LogP contribution is 2.38. The summed E-state index contributed by atoms with van der Waals surface area (Å²) in [6.07, 6.45) is 3.85. The van der Waals surface area contributed by atoms with Gasteiger partial charge < -0.3 is 14.8 Å². The molecule has 138 valence electrons. The fourth-order valence-corrected chi connectivity index (χ4v) is 3.14. The minimum absolute atomic E-state index is 0.131. The maximum atomic E-state index is 12.3. The second kappa shape index (κ2) is 7.67. The number of hydrogen-bond acceptors (Lipinski definition) is 5. The number of rotatable bonds is 5. The lowest BCUT2D eigenvalue weighted by molar-refractivity contribution is 0.0954. The van der Waals surface area contributed by atoms with Crippen LogP contribution >= 0.6 is 11.6 Å². The topological polar surface area (TPSA) is 78.3 Å². The molecule has 3 aromatic rings. The molecule has 0 aliphatic carbocycles. The summed E-state index contributed by atoms with van der Waals surface area (Å²) >= 11 is 6.24. The van der Waals surface area contributed by atoms with E-state index in [1.807, 2.05) is 24.3 Å². The van der Waals surface area contributed by atoms with Gasteiger partial charge in [-0.2, -0.15) is 0 Å². The van der Waals surface area contributed by atoms with E-state index < -0.39 is 0 Å². The average Bonchev–Trinajstić information content (AvgIpc) is 3.23. The van der Waals surface area contributed by atoms with Crippen LogP contribution in [0.25, 0.3) is 5.69 Å². The highest BCUT2D eigenvalue weighted by Gasteiger charge is 2.16. The van der Waals surface area contributed by atoms with Crippen LogP contribution in [-0.2, 0) is 6.42 Å². The molecule has 0 fully saturated rings. The Labute approximate surface area is 160 Å². The SMILES string of the molecule is O=C(NCCc1cc(Cl)c2c(c1)OCCO2)c1ccc(-n2cnnc2)cc1. The minimum atomic E-state index is -0.131. The Balaban J connectivity index is 1.35. The van der Waals surface area contributed by atoms with Gasteiger partial charge in [-0.3, -0.25) is 9.36 Å². The third-order valence-electron chi connectivity index (χ3n) is 4.20. The molecule has 27 heavy (non-hydrogen) atoms. The zero-order valence-corrected chi connectivity index (χ0v) is 15.1. The Morgan fingerprint density at radius 2 is 1.85 bits per heavy atom. The van der Waals surface area contributed by atoms with E-state index in [1.165, 1.54) is 0 Å². The van der Waals surface area contributed by atoms with Gasteiger partial charge in [-0.05, 0) is 48.4 Å². The summed E-state index contributed by atoms with van der Waals surface area (Å²) < 4.78 is 12.9. The van der Waals surface area contributed by atoms with Gasteiger partial charge in [-0.1, -0.05) is 11.6 Å². The maximum absolute atomic E-state index is 12.3. The van der Waals surface area contributed by atoms with E-state index in [1.54, 1.807) is 29.4 Å². The first kappa shape index (κ1) is 17.4. The Kier molecular flexibility index (Phi) is 4.93. The Bertz CT molecular complexity index is 942. The number of amides is 1. The fourth-order valence-electron chi connectivity index (χ4n) is 2.85. The van der Waals surface area contributed by atoms with Crippen molar-refractivity contribution in [1.29, 1.82) is 0 Å². The van der Waals surface area contributed by atoms with Crippen molar-refractivity contribution in [3.8, 4) is 17.2 Å². The van der Waals surface area contributed by atoms with Gasteiger partial charge in [0.25, 0.3) is 5.91 Å². The third kappa shape index (κ3) is 3.88. The number of hydrogen-bond donors (Lipinski definition) is 1. The van der Waals surface area contributed by atoms with Crippen LogP contribution in [-0.4, -0.2) is 40.4 Å². The predicted octanol–water partition coefficient (Wildman–Crippen LogP) is 2.66. The summed E-state index contributed by atoms with van der Waals surface area (Å²) in [5.74, 6) is 1.11. The number of nitrogens with one attached hydrogen (secondary N) is 1. The number of carbonyl (C=O) groups excluding carboxylic acids is 1. The lowest BCUT2D eigenvalue weighted by Gasteiger charge is -2.20. The van der Waals surface area contributed by atoms with Crippen molar-refractivity contribution >= 4 is 17.5 Å². The maximum Gasteiger partial charge on any atom is 0.251 e. The number of aromatic nitrogens is 3. The van der Waals surface area contributed by atoms with E-state index in [9.17, 15) is 4.79 Å². The molecule has 8 heteroatoms. The number of fused-ring (bicyclic) bond motifs is 1. The molecule has 0 atom stereocenters. The van der Waals surface area contributed by atoms with E-state index in [-0.39, 0.29) is 5.91 Å². The lowest BCUT2D eigenvalue weighted by Crippen LogP contribution is -2.25. The molecule has 0 unspecified atom stereocenters. The molecule has 2 heterocycles. The van der Waals surface area contributed by atoms with Crippen LogP contribution in [0, 0.1) is 0 Å². The largest absolute Gasteiger partial charge is 0.486 e. The van der Waals surface area contributed by atoms with Gasteiger partial charge in [-0.15, -0.1) is 10.2 Å². The van der Waals surface area contributed by atoms with E-state index >= 15 is 0 Å². The van der Waals surface area contributed by atoms with Crippen molar-refractivity contribution in [3.63, 3.8) is 0 Å². The van der Waals surface area contributed by atoms with Crippen LogP contribution in [0.3, 0.4) is 0 Å². The van der Waals surface area contributed by atoms with Crippen molar-refractivity contribution in [2.45, 2.75) is 6.42 Å². The van der Waals surface area contributed by atoms with Crippen LogP contribution in [0.2, 0.25) is 5.02 Å². The van der Waals surface area contributed by atoms with Crippen LogP contribution in [0.15, 0.2) is 49.1 Å². The first-order valence-electron chi connectivity index (χ1n) is 8.52. The van der Waals surface area contributed by atoms with Crippen molar-refractivity contribution in [2.24, 2.45) is 0 Å². The molecule has 2 aromatic carbocycles. The van der Waals surface area contributed by atoms with Crippen molar-refractivity contribution in [2.75, 3.05) is 19.8 Å². The summed E-state index contributed by atoms with van der Waals surface area (Å²) in [5.41, 5.74) is 2.46. The molecule has 0 bridgehead atoms. The van der Waals surface area contributed by atoms with E-state index in [4.69, 9.17) is 21.1 Å². The zero-order valence-electron chi connectivity index (χ0n) is 14.4. The van der Waals surface area contributed by atoms with Crippen molar-refractivity contribution in [1.82, 2.24) is 20.1 Å². The Morgan fingerprint density at radius 1 is 1.11 bits per heavy atom. The standard InChI is InChI=1S/C19H17ClN4O3/c20-16-9-13(10-17-18(16)27-8-7-26-17)5-6-21-19(25)14-1-3-15(4-2-14)24-11-22-23-12-24/h1-4,9-12H,5-8H2,(H,21,25). The predicted molar refractivity (Wildman–Crippen MR) is 99.8 cm³/mol. The van der Waals surface area contributed by atoms with Crippen LogP contribution in [0.5, 0.6) is 11.5 Å². The second-order valence-corrected chi connectivity index (χ2v) is 6.43. The summed E-state index contributed by atoms with van der Waals surface area (Å²) in [6.45, 7) is 1.49. The van der Waals surface area contributed by atoms with Gasteiger partial charge in [0, 0.05) is 17.8 Å². The lowest BCUT2D eigenvalue weighted by atomic mass is 10.1. The summed E-state index contributed by atoms with van der Waals surface area (Å²) in [5, 5.41) is 11.0. The molecule has 0 spiro atoms. The number of carbonyl (C=O) groups is 1. The highest BCUT2D eigenvalue weighted by atomic mass is 35.5. The van der Waals surface area contributed by atoms with E-state index in [0.717, 1.165) is 11.3 Å². The Morgan fingerprint density at radius 3 is 2.63 bits per heavy atom. The van der Waals surface area contributed by atoms with Crippen molar-refractivity contribution < 1.29 is 14.3 Å². The van der Waals surface area contributed by atoms with Gasteiger partial charge in [0.05, 0.1) is 5.02 Å². The number of benzene rings is 2. The second-order valence-electron chi connectivity index (χ2n) is 6.02. The molecule has 1 amide bonds. The normalized spacial score (nSPS) is 12.6. The molecule has 1 aliphatic heterocycles. The molecule has 7 nitrogen and oxygen atoms in total. The van der Waals surface area contributed by atoms with Crippen LogP contribution < -0.4 is 14.8 Å². The number of halogens is 1. The summed E-state index contributed by atoms with van der Waals surface area (Å²) in [6, 6.07) is 11.0. The summed E-state index contributed by atoms with van der Waals surface area (Å²) in [4.78, 5) is 12.3. The van der Waals surface area contributed by atoms with E-state index in [0.29, 0.717) is 48.3 Å². The van der Waals surface area contributed by atoms with Crippen LogP contribution in [0.1, 0.15) is 15.9 Å². The van der Waals surface area contributed by atoms with Gasteiger partial charge in [0.2, 0.25) is 0 Å². The first-order chi connectivity index (χ1) is 13.2. The third-order valence-corrected chi connectivity index (χ3v) is 4.48. The highest BCUT2D eigenvalue weighted by molar-refractivity contribution is 6.32. The number of ether oxygens (including phenoxy) is 2. The fraction of sp³-hybridized carbons (Fsp3) is 0.211. The van der Waals surface area contributed by atoms with E-state index in [2.05, 4.69) is 15.5 Å². The zero-order chi connectivity index (χ0) is 18.6. The van der Waals surface area contributed by atoms with Gasteiger partial charge in [-0.25, -0.2) is 0 Å². The Hall–Kier alpha value is -3.06. The van der Waals surface area contributed by atoms with Gasteiger partial charge >= 0.3 is 0 Å². The number of nitrogens with zero attached hydrogens (tertiary/aromatic N) is 3. The first-order valence-corrected chi connectivity index (χ1v) is 8.90. The monoisotopic (exact) mass is 384 g/mol. The van der Waals surface area contributed by atoms with Crippen LogP contribution in [0.4, 0.5) is 0 Å². The molecule has 0 saturated carbocycles. The molecular formula is C19H17ClN4O3. The van der Waals surface area contributed by atoms with Gasteiger partial charge in [0.1, 0.15) is 25.9 Å². The van der Waals surface area contributed by atoms with Crippen molar-refractivity contribution in [3.05, 3.63) is 65.2 Å². The minimum Gasteiger partial charge on any atom is -0.486 e. The molecule has 0 saturated heterocycles. The quantitative estimate of drug-likeness (QED) is 0.731. The molecular weight excluding hydrogens is 368 g/mol. The molecule has 1 N–H and O–H groups in total. The van der Waals surface area contributed by atoms with Gasteiger partial charge in [0.15, 0.2) is 11.5 Å². The average molecular weight is 385 g/mol. The smallest absolute Gasteiger partial charge is 0.251 e. The molecule has 4 rings (SSSR count). The molecule has 1 aromatic heterocycles.